The summed E-state index contributed by atoms with van der Waals surface area (Å²) in [6.07, 6.45) is 1.76. The molecule has 2 aromatic rings. The lowest BCUT2D eigenvalue weighted by Crippen LogP contribution is -2.13. The first kappa shape index (κ1) is 15.2. The molecule has 1 N–H and O–H groups in total. The molecule has 0 unspecified atom stereocenters. The Labute approximate surface area is 126 Å². The second-order valence-corrected chi connectivity index (χ2v) is 5.42. The number of aromatic nitrogens is 2. The molecule has 0 radical (unpaired) electrons. The van der Waals surface area contributed by atoms with Crippen molar-refractivity contribution in [3.05, 3.63) is 35.3 Å². The van der Waals surface area contributed by atoms with Crippen LogP contribution in [0.4, 0.5) is 11.4 Å². The van der Waals surface area contributed by atoms with Crippen molar-refractivity contribution in [3.63, 3.8) is 0 Å². The minimum atomic E-state index is 0.617. The molecule has 0 saturated carbocycles. The van der Waals surface area contributed by atoms with Gasteiger partial charge in [0.1, 0.15) is 5.69 Å². The summed E-state index contributed by atoms with van der Waals surface area (Å²) in [5.74, 6) is 0.617. The van der Waals surface area contributed by atoms with Crippen molar-refractivity contribution in [3.8, 4) is 5.88 Å². The zero-order valence-corrected chi connectivity index (χ0v) is 13.7. The van der Waals surface area contributed by atoms with Gasteiger partial charge in [0.05, 0.1) is 12.8 Å². The Bertz CT molecular complexity index is 631. The summed E-state index contributed by atoms with van der Waals surface area (Å²) in [7, 11) is 7.75. The van der Waals surface area contributed by atoms with Gasteiger partial charge < -0.3 is 19.5 Å². The van der Waals surface area contributed by atoms with Gasteiger partial charge in [-0.15, -0.1) is 0 Å². The average Bonchev–Trinajstić information content (AvgIpc) is 2.71. The predicted octanol–water partition coefficient (Wildman–Crippen LogP) is 2.72. The first-order valence-corrected chi connectivity index (χ1v) is 7.01. The van der Waals surface area contributed by atoms with Crippen LogP contribution in [0.3, 0.4) is 0 Å². The Morgan fingerprint density at radius 3 is 2.57 bits per heavy atom. The Kier molecular flexibility index (Phi) is 4.40. The topological polar surface area (TPSA) is 42.3 Å². The number of nitrogens with one attached hydrogen (secondary N) is 1. The predicted molar refractivity (Wildman–Crippen MR) is 87.3 cm³/mol. The third-order valence-electron chi connectivity index (χ3n) is 3.90. The highest BCUT2D eigenvalue weighted by Crippen LogP contribution is 2.32. The van der Waals surface area contributed by atoms with Crippen LogP contribution in [-0.2, 0) is 13.6 Å². The van der Waals surface area contributed by atoms with E-state index in [9.17, 15) is 0 Å². The summed E-state index contributed by atoms with van der Waals surface area (Å²) in [6.45, 7) is 5.00. The van der Waals surface area contributed by atoms with Gasteiger partial charge in [-0.05, 0) is 31.5 Å². The summed E-state index contributed by atoms with van der Waals surface area (Å²) in [5, 5.41) is 3.47. The summed E-state index contributed by atoms with van der Waals surface area (Å²) in [4.78, 5) is 6.33. The number of hydrogen-bond donors (Lipinski definition) is 1. The van der Waals surface area contributed by atoms with E-state index in [1.807, 2.05) is 20.2 Å². The molecule has 0 bridgehead atoms. The number of pyridine rings is 1. The van der Waals surface area contributed by atoms with Crippen molar-refractivity contribution in [1.29, 1.82) is 0 Å². The minimum absolute atomic E-state index is 0.617. The lowest BCUT2D eigenvalue weighted by Gasteiger charge is -2.20. The molecule has 5 heteroatoms. The Morgan fingerprint density at radius 2 is 2.05 bits per heavy atom. The molecule has 2 heterocycles. The standard InChI is InChI=1S/C16H24N4O/c1-11-9-13(12(2)20(11)5)10-18-15-14(19(3)4)7-8-17-16(15)21-6/h7-9,18H,10H2,1-6H3. The van der Waals surface area contributed by atoms with Gasteiger partial charge in [-0.3, -0.25) is 0 Å². The van der Waals surface area contributed by atoms with E-state index in [4.69, 9.17) is 4.74 Å². The van der Waals surface area contributed by atoms with Crippen molar-refractivity contribution >= 4 is 11.4 Å². The lowest BCUT2D eigenvalue weighted by molar-refractivity contribution is 0.400. The van der Waals surface area contributed by atoms with Crippen LogP contribution in [0.15, 0.2) is 18.3 Å². The van der Waals surface area contributed by atoms with E-state index in [2.05, 4.69) is 46.7 Å². The van der Waals surface area contributed by atoms with Crippen LogP contribution < -0.4 is 15.0 Å². The van der Waals surface area contributed by atoms with Gasteiger partial charge in [-0.1, -0.05) is 0 Å². The van der Waals surface area contributed by atoms with Crippen LogP contribution in [0.25, 0.3) is 0 Å². The maximum absolute atomic E-state index is 5.38. The molecule has 0 fully saturated rings. The number of aryl methyl sites for hydroxylation is 1. The molecule has 5 nitrogen and oxygen atoms in total. The maximum Gasteiger partial charge on any atom is 0.239 e. The summed E-state index contributed by atoms with van der Waals surface area (Å²) in [5.41, 5.74) is 5.80. The van der Waals surface area contributed by atoms with E-state index in [1.165, 1.54) is 17.0 Å². The number of methoxy groups -OCH3 is 1. The van der Waals surface area contributed by atoms with E-state index < -0.39 is 0 Å². The molecule has 0 atom stereocenters. The second-order valence-electron chi connectivity index (χ2n) is 5.42. The van der Waals surface area contributed by atoms with E-state index in [0.717, 1.165) is 17.9 Å². The quantitative estimate of drug-likeness (QED) is 0.918. The number of rotatable bonds is 5. The second kappa shape index (κ2) is 6.08. The molecule has 0 aliphatic carbocycles. The highest BCUT2D eigenvalue weighted by Gasteiger charge is 2.13. The highest BCUT2D eigenvalue weighted by atomic mass is 16.5. The smallest absolute Gasteiger partial charge is 0.239 e. The Balaban J connectivity index is 2.28. The van der Waals surface area contributed by atoms with Crippen LogP contribution >= 0.6 is 0 Å². The van der Waals surface area contributed by atoms with Crippen LogP contribution in [0.1, 0.15) is 17.0 Å². The maximum atomic E-state index is 5.38. The van der Waals surface area contributed by atoms with Crippen LogP contribution in [-0.4, -0.2) is 30.8 Å². The third kappa shape index (κ3) is 2.96. The number of hydrogen-bond acceptors (Lipinski definition) is 4. The van der Waals surface area contributed by atoms with Crippen molar-refractivity contribution in [2.45, 2.75) is 20.4 Å². The van der Waals surface area contributed by atoms with Crippen LogP contribution in [0.5, 0.6) is 5.88 Å². The zero-order valence-electron chi connectivity index (χ0n) is 13.7. The lowest BCUT2D eigenvalue weighted by atomic mass is 10.2. The van der Waals surface area contributed by atoms with Crippen LogP contribution in [0.2, 0.25) is 0 Å². The van der Waals surface area contributed by atoms with Crippen LogP contribution in [0, 0.1) is 13.8 Å². The Morgan fingerprint density at radius 1 is 1.33 bits per heavy atom. The van der Waals surface area contributed by atoms with Gasteiger partial charge in [-0.25, -0.2) is 4.98 Å². The fourth-order valence-electron chi connectivity index (χ4n) is 2.42. The van der Waals surface area contributed by atoms with Crippen molar-refractivity contribution in [2.24, 2.45) is 7.05 Å². The molecule has 2 rings (SSSR count). The van der Waals surface area contributed by atoms with Gasteiger partial charge in [0, 0.05) is 45.3 Å². The summed E-state index contributed by atoms with van der Waals surface area (Å²) in [6, 6.07) is 4.19. The molecule has 21 heavy (non-hydrogen) atoms. The van der Waals surface area contributed by atoms with E-state index in [-0.39, 0.29) is 0 Å². The Hall–Kier alpha value is -2.17. The number of ether oxygens (including phenoxy) is 1. The number of anilines is 2. The largest absolute Gasteiger partial charge is 0.479 e. The molecular formula is C16H24N4O. The van der Waals surface area contributed by atoms with E-state index in [1.54, 1.807) is 13.3 Å². The van der Waals surface area contributed by atoms with E-state index in [0.29, 0.717) is 5.88 Å². The molecular weight excluding hydrogens is 264 g/mol. The fraction of sp³-hybridized carbons (Fsp3) is 0.438. The molecule has 2 aromatic heterocycles. The normalized spacial score (nSPS) is 10.6. The SMILES string of the molecule is COc1nccc(N(C)C)c1NCc1cc(C)n(C)c1C. The van der Waals surface area contributed by atoms with E-state index >= 15 is 0 Å². The fourth-order valence-corrected chi connectivity index (χ4v) is 2.42. The van der Waals surface area contributed by atoms with Crippen molar-refractivity contribution < 1.29 is 4.74 Å². The molecule has 0 aliphatic rings. The van der Waals surface area contributed by atoms with Crippen molar-refractivity contribution in [1.82, 2.24) is 9.55 Å². The minimum Gasteiger partial charge on any atom is -0.479 e. The van der Waals surface area contributed by atoms with Gasteiger partial charge in [0.15, 0.2) is 0 Å². The summed E-state index contributed by atoms with van der Waals surface area (Å²) < 4.78 is 7.58. The van der Waals surface area contributed by atoms with Gasteiger partial charge >= 0.3 is 0 Å². The molecule has 114 valence electrons. The first-order valence-electron chi connectivity index (χ1n) is 7.01. The molecule has 0 spiro atoms. The summed E-state index contributed by atoms with van der Waals surface area (Å²) >= 11 is 0. The van der Waals surface area contributed by atoms with Crippen molar-refractivity contribution in [2.75, 3.05) is 31.4 Å². The average molecular weight is 288 g/mol. The molecule has 0 amide bonds. The first-order chi connectivity index (χ1) is 9.95. The highest BCUT2D eigenvalue weighted by molar-refractivity contribution is 5.74. The van der Waals surface area contributed by atoms with Gasteiger partial charge in [-0.2, -0.15) is 0 Å². The molecule has 0 saturated heterocycles. The molecule has 0 aromatic carbocycles. The monoisotopic (exact) mass is 288 g/mol. The van der Waals surface area contributed by atoms with Gasteiger partial charge in [0.2, 0.25) is 5.88 Å². The third-order valence-corrected chi connectivity index (χ3v) is 3.90. The van der Waals surface area contributed by atoms with Gasteiger partial charge in [0.25, 0.3) is 0 Å². The molecule has 0 aliphatic heterocycles. The number of nitrogens with zero attached hydrogens (tertiary/aromatic N) is 3. The zero-order chi connectivity index (χ0) is 15.6.